The number of rotatable bonds is 2. The minimum absolute atomic E-state index is 0.0274. The Morgan fingerprint density at radius 1 is 1.38 bits per heavy atom. The van der Waals surface area contributed by atoms with Gasteiger partial charge in [-0.15, -0.1) is 0 Å². The van der Waals surface area contributed by atoms with Gasteiger partial charge in [0.25, 0.3) is 0 Å². The smallest absolute Gasteiger partial charge is 0.243 e. The van der Waals surface area contributed by atoms with Crippen molar-refractivity contribution in [3.63, 3.8) is 0 Å². The zero-order chi connectivity index (χ0) is 11.2. The van der Waals surface area contributed by atoms with E-state index in [0.717, 1.165) is 24.1 Å². The maximum atomic E-state index is 11.9. The molecule has 1 aromatic rings. The molecular weight excluding hydrogens is 204 g/mol. The number of hydrogen-bond acceptors (Lipinski definition) is 3. The minimum atomic E-state index is -0.0470. The number of benzene rings is 1. The van der Waals surface area contributed by atoms with Crippen LogP contribution in [0.3, 0.4) is 0 Å². The topological polar surface area (TPSA) is 52.6 Å². The highest BCUT2D eigenvalue weighted by molar-refractivity contribution is 5.96. The number of aliphatic hydroxyl groups excluding tert-OH is 1. The molecule has 3 rings (SSSR count). The summed E-state index contributed by atoms with van der Waals surface area (Å²) in [5.41, 5.74) is 4.84. The molecule has 2 aliphatic rings. The number of aliphatic hydroxyl groups is 1. The van der Waals surface area contributed by atoms with Crippen LogP contribution in [0.5, 0.6) is 0 Å². The van der Waals surface area contributed by atoms with E-state index in [0.29, 0.717) is 6.42 Å². The van der Waals surface area contributed by atoms with Gasteiger partial charge in [-0.25, -0.2) is 10.4 Å². The molecule has 1 aliphatic heterocycles. The summed E-state index contributed by atoms with van der Waals surface area (Å²) < 4.78 is 0. The Bertz CT molecular complexity index is 440. The van der Waals surface area contributed by atoms with Crippen molar-refractivity contribution in [3.8, 4) is 0 Å². The summed E-state index contributed by atoms with van der Waals surface area (Å²) in [7, 11) is 0. The van der Waals surface area contributed by atoms with E-state index in [1.165, 1.54) is 0 Å². The zero-order valence-corrected chi connectivity index (χ0v) is 8.94. The monoisotopic (exact) mass is 218 g/mol. The molecule has 2 N–H and O–H groups in total. The van der Waals surface area contributed by atoms with Gasteiger partial charge in [0, 0.05) is 17.5 Å². The van der Waals surface area contributed by atoms with Gasteiger partial charge in [0.1, 0.15) is 0 Å². The summed E-state index contributed by atoms with van der Waals surface area (Å²) in [5, 5.41) is 10.8. The highest BCUT2D eigenvalue weighted by atomic mass is 16.3. The molecule has 84 valence electrons. The Balaban J connectivity index is 1.94. The average molecular weight is 218 g/mol. The number of carbonyl (C=O) groups is 1. The average Bonchev–Trinajstić information content (AvgIpc) is 2.97. The van der Waals surface area contributed by atoms with Gasteiger partial charge < -0.3 is 5.11 Å². The summed E-state index contributed by atoms with van der Waals surface area (Å²) in [4.78, 5) is 11.9. The molecule has 0 unspecified atom stereocenters. The molecule has 4 heteroatoms. The lowest BCUT2D eigenvalue weighted by molar-refractivity contribution is -0.117. The van der Waals surface area contributed by atoms with Crippen LogP contribution in [0, 0.1) is 0 Å². The molecule has 2 fully saturated rings. The van der Waals surface area contributed by atoms with E-state index in [2.05, 4.69) is 5.43 Å². The second-order valence-corrected chi connectivity index (χ2v) is 4.58. The Morgan fingerprint density at radius 3 is 2.75 bits per heavy atom. The number of nitrogens with one attached hydrogen (secondary N) is 1. The molecule has 1 amide bonds. The standard InChI is InChI=1S/C12H14N2O2/c15-8-9-3-1-2-4-10(9)14-11(16)7-12(13-14)5-6-12/h1-4,13,15H,5-8H2. The maximum absolute atomic E-state index is 11.9. The number of para-hydroxylation sites is 1. The van der Waals surface area contributed by atoms with Crippen molar-refractivity contribution in [1.82, 2.24) is 5.43 Å². The van der Waals surface area contributed by atoms with Crippen LogP contribution in [0.15, 0.2) is 24.3 Å². The fourth-order valence-corrected chi connectivity index (χ4v) is 2.20. The molecule has 0 radical (unpaired) electrons. The van der Waals surface area contributed by atoms with Crippen molar-refractivity contribution >= 4 is 11.6 Å². The third-order valence-electron chi connectivity index (χ3n) is 3.34. The van der Waals surface area contributed by atoms with E-state index in [1.807, 2.05) is 24.3 Å². The van der Waals surface area contributed by atoms with E-state index < -0.39 is 0 Å². The third kappa shape index (κ3) is 1.42. The number of anilines is 1. The molecule has 1 heterocycles. The molecule has 4 nitrogen and oxygen atoms in total. The summed E-state index contributed by atoms with van der Waals surface area (Å²) in [5.74, 6) is 0.0957. The lowest BCUT2D eigenvalue weighted by Crippen LogP contribution is -2.39. The van der Waals surface area contributed by atoms with Crippen LogP contribution in [-0.2, 0) is 11.4 Å². The number of hydrogen-bond donors (Lipinski definition) is 2. The Kier molecular flexibility index (Phi) is 2.02. The van der Waals surface area contributed by atoms with Crippen molar-refractivity contribution < 1.29 is 9.90 Å². The zero-order valence-electron chi connectivity index (χ0n) is 8.94. The third-order valence-corrected chi connectivity index (χ3v) is 3.34. The van der Waals surface area contributed by atoms with E-state index >= 15 is 0 Å². The molecule has 1 saturated carbocycles. The van der Waals surface area contributed by atoms with Crippen LogP contribution in [0.4, 0.5) is 5.69 Å². The predicted molar refractivity (Wildman–Crippen MR) is 59.6 cm³/mol. The van der Waals surface area contributed by atoms with Crippen molar-refractivity contribution in [3.05, 3.63) is 29.8 Å². The second kappa shape index (κ2) is 3.30. The van der Waals surface area contributed by atoms with Crippen LogP contribution in [0.25, 0.3) is 0 Å². The van der Waals surface area contributed by atoms with E-state index in [1.54, 1.807) is 5.01 Å². The Hall–Kier alpha value is -1.39. The number of hydrazine groups is 1. The minimum Gasteiger partial charge on any atom is -0.392 e. The fourth-order valence-electron chi connectivity index (χ4n) is 2.20. The first kappa shape index (κ1) is 9.81. The SMILES string of the molecule is O=C1CC2(CC2)NN1c1ccccc1CO. The van der Waals surface area contributed by atoms with E-state index in [9.17, 15) is 9.90 Å². The largest absolute Gasteiger partial charge is 0.392 e. The fraction of sp³-hybridized carbons (Fsp3) is 0.417. The maximum Gasteiger partial charge on any atom is 0.243 e. The van der Waals surface area contributed by atoms with Gasteiger partial charge in [0.2, 0.25) is 5.91 Å². The molecule has 1 spiro atoms. The first-order chi connectivity index (χ1) is 7.74. The van der Waals surface area contributed by atoms with Gasteiger partial charge in [-0.05, 0) is 18.9 Å². The highest BCUT2D eigenvalue weighted by Crippen LogP contribution is 2.44. The normalized spacial score (nSPS) is 21.8. The summed E-state index contributed by atoms with van der Waals surface area (Å²) in [6.07, 6.45) is 2.71. The summed E-state index contributed by atoms with van der Waals surface area (Å²) >= 11 is 0. The van der Waals surface area contributed by atoms with Gasteiger partial charge in [-0.1, -0.05) is 18.2 Å². The first-order valence-electron chi connectivity index (χ1n) is 5.54. The van der Waals surface area contributed by atoms with Crippen LogP contribution in [0.2, 0.25) is 0 Å². The van der Waals surface area contributed by atoms with E-state index in [4.69, 9.17) is 0 Å². The predicted octanol–water partition coefficient (Wildman–Crippen LogP) is 0.953. The molecule has 0 atom stereocenters. The van der Waals surface area contributed by atoms with Crippen molar-refractivity contribution in [2.45, 2.75) is 31.4 Å². The molecule has 1 aromatic carbocycles. The van der Waals surface area contributed by atoms with Gasteiger partial charge in [-0.3, -0.25) is 4.79 Å². The lowest BCUT2D eigenvalue weighted by Gasteiger charge is -2.20. The number of carbonyl (C=O) groups excluding carboxylic acids is 1. The second-order valence-electron chi connectivity index (χ2n) is 4.58. The van der Waals surface area contributed by atoms with Crippen LogP contribution >= 0.6 is 0 Å². The summed E-state index contributed by atoms with van der Waals surface area (Å²) in [6.45, 7) is -0.0470. The molecule has 1 aliphatic carbocycles. The number of amides is 1. The van der Waals surface area contributed by atoms with Crippen molar-refractivity contribution in [1.29, 1.82) is 0 Å². The van der Waals surface area contributed by atoms with Crippen LogP contribution in [-0.4, -0.2) is 16.6 Å². The highest BCUT2D eigenvalue weighted by Gasteiger charge is 2.52. The van der Waals surface area contributed by atoms with Crippen molar-refractivity contribution in [2.75, 3.05) is 5.01 Å². The Morgan fingerprint density at radius 2 is 2.12 bits per heavy atom. The van der Waals surface area contributed by atoms with Gasteiger partial charge >= 0.3 is 0 Å². The Labute approximate surface area is 93.8 Å². The molecular formula is C12H14N2O2. The first-order valence-corrected chi connectivity index (χ1v) is 5.54. The molecule has 16 heavy (non-hydrogen) atoms. The van der Waals surface area contributed by atoms with Gasteiger partial charge in [0.15, 0.2) is 0 Å². The van der Waals surface area contributed by atoms with Gasteiger partial charge in [0.05, 0.1) is 12.3 Å². The lowest BCUT2D eigenvalue weighted by atomic mass is 10.2. The molecule has 1 saturated heterocycles. The van der Waals surface area contributed by atoms with Crippen molar-refractivity contribution in [2.24, 2.45) is 0 Å². The van der Waals surface area contributed by atoms with Crippen LogP contribution < -0.4 is 10.4 Å². The summed E-state index contributed by atoms with van der Waals surface area (Å²) in [6, 6.07) is 7.43. The molecule has 0 aromatic heterocycles. The quantitative estimate of drug-likeness (QED) is 0.777. The van der Waals surface area contributed by atoms with E-state index in [-0.39, 0.29) is 18.1 Å². The van der Waals surface area contributed by atoms with Crippen LogP contribution in [0.1, 0.15) is 24.8 Å². The van der Waals surface area contributed by atoms with Gasteiger partial charge in [-0.2, -0.15) is 0 Å². The molecule has 0 bridgehead atoms. The number of nitrogens with zero attached hydrogens (tertiary/aromatic N) is 1.